The van der Waals surface area contributed by atoms with Crippen LogP contribution in [0.3, 0.4) is 0 Å². The van der Waals surface area contributed by atoms with Crippen molar-refractivity contribution >= 4 is 5.82 Å². The van der Waals surface area contributed by atoms with Gasteiger partial charge in [-0.05, 0) is 25.3 Å². The van der Waals surface area contributed by atoms with E-state index in [4.69, 9.17) is 0 Å². The number of benzene rings is 1. The average molecular weight is 269 g/mol. The van der Waals surface area contributed by atoms with E-state index in [1.54, 1.807) is 0 Å². The first-order chi connectivity index (χ1) is 9.72. The van der Waals surface area contributed by atoms with Crippen LogP contribution < -0.4 is 5.32 Å². The summed E-state index contributed by atoms with van der Waals surface area (Å²) in [4.78, 5) is 8.96. The summed E-state index contributed by atoms with van der Waals surface area (Å²) >= 11 is 0. The molecule has 2 aromatic rings. The van der Waals surface area contributed by atoms with Gasteiger partial charge in [-0.1, -0.05) is 44.5 Å². The fourth-order valence-electron chi connectivity index (χ4n) is 2.19. The van der Waals surface area contributed by atoms with E-state index >= 15 is 0 Å². The van der Waals surface area contributed by atoms with Crippen molar-refractivity contribution < 1.29 is 0 Å². The summed E-state index contributed by atoms with van der Waals surface area (Å²) in [5.74, 6) is 1.71. The van der Waals surface area contributed by atoms with E-state index in [0.29, 0.717) is 0 Å². The van der Waals surface area contributed by atoms with Crippen LogP contribution in [-0.4, -0.2) is 16.5 Å². The lowest BCUT2D eigenvalue weighted by Gasteiger charge is -2.08. The molecular formula is C17H23N3. The molecule has 1 aromatic carbocycles. The highest BCUT2D eigenvalue weighted by atomic mass is 15.0. The van der Waals surface area contributed by atoms with Crippen molar-refractivity contribution in [1.82, 2.24) is 9.97 Å². The van der Waals surface area contributed by atoms with Gasteiger partial charge in [0.15, 0.2) is 0 Å². The van der Waals surface area contributed by atoms with Gasteiger partial charge < -0.3 is 5.32 Å². The van der Waals surface area contributed by atoms with E-state index < -0.39 is 0 Å². The van der Waals surface area contributed by atoms with E-state index in [2.05, 4.69) is 53.4 Å². The van der Waals surface area contributed by atoms with Gasteiger partial charge in [0.2, 0.25) is 0 Å². The Morgan fingerprint density at radius 3 is 2.40 bits per heavy atom. The Morgan fingerprint density at radius 1 is 1.00 bits per heavy atom. The molecule has 0 bridgehead atoms. The zero-order chi connectivity index (χ0) is 14.4. The molecule has 0 atom stereocenters. The Hall–Kier alpha value is -1.90. The number of hydrogen-bond acceptors (Lipinski definition) is 3. The summed E-state index contributed by atoms with van der Waals surface area (Å²) in [5, 5.41) is 3.33. The van der Waals surface area contributed by atoms with Crippen molar-refractivity contribution in [3.05, 3.63) is 41.7 Å². The van der Waals surface area contributed by atoms with Crippen molar-refractivity contribution in [2.45, 2.75) is 40.0 Å². The molecule has 0 aliphatic heterocycles. The molecule has 3 nitrogen and oxygen atoms in total. The van der Waals surface area contributed by atoms with Crippen LogP contribution in [-0.2, 0) is 6.42 Å². The minimum Gasteiger partial charge on any atom is -0.370 e. The first-order valence-corrected chi connectivity index (χ1v) is 7.41. The number of aryl methyl sites for hydroxylation is 2. The Bertz CT molecular complexity index is 547. The fourth-order valence-corrected chi connectivity index (χ4v) is 2.19. The van der Waals surface area contributed by atoms with Gasteiger partial charge in [0.1, 0.15) is 11.6 Å². The molecule has 0 fully saturated rings. The monoisotopic (exact) mass is 269 g/mol. The highest BCUT2D eigenvalue weighted by Crippen LogP contribution is 2.21. The normalized spacial score (nSPS) is 10.6. The number of nitrogens with zero attached hydrogens (tertiary/aromatic N) is 2. The highest BCUT2D eigenvalue weighted by Gasteiger charge is 2.04. The second-order valence-corrected chi connectivity index (χ2v) is 5.06. The van der Waals surface area contributed by atoms with Crippen LogP contribution in [0.4, 0.5) is 5.82 Å². The molecule has 0 aliphatic carbocycles. The van der Waals surface area contributed by atoms with Gasteiger partial charge in [0, 0.05) is 18.2 Å². The SMILES string of the molecule is CCCNc1cc(-c2ccc(CCC)cc2)nc(C)n1. The molecule has 0 saturated carbocycles. The molecule has 3 heteroatoms. The van der Waals surface area contributed by atoms with Gasteiger partial charge in [0.25, 0.3) is 0 Å². The molecule has 0 saturated heterocycles. The maximum Gasteiger partial charge on any atom is 0.130 e. The lowest BCUT2D eigenvalue weighted by atomic mass is 10.1. The van der Waals surface area contributed by atoms with E-state index in [1.807, 2.05) is 13.0 Å². The summed E-state index contributed by atoms with van der Waals surface area (Å²) < 4.78 is 0. The minimum atomic E-state index is 0.804. The van der Waals surface area contributed by atoms with Crippen molar-refractivity contribution in [1.29, 1.82) is 0 Å². The van der Waals surface area contributed by atoms with Crippen LogP contribution in [0.25, 0.3) is 11.3 Å². The molecule has 0 amide bonds. The summed E-state index contributed by atoms with van der Waals surface area (Å²) in [6.07, 6.45) is 3.40. The maximum atomic E-state index is 4.54. The van der Waals surface area contributed by atoms with E-state index in [9.17, 15) is 0 Å². The Labute approximate surface area is 121 Å². The van der Waals surface area contributed by atoms with E-state index in [1.165, 1.54) is 12.0 Å². The minimum absolute atomic E-state index is 0.804. The number of nitrogens with one attached hydrogen (secondary N) is 1. The van der Waals surface area contributed by atoms with Gasteiger partial charge in [-0.2, -0.15) is 0 Å². The molecule has 106 valence electrons. The standard InChI is InChI=1S/C17H23N3/c1-4-6-14-7-9-15(10-8-14)16-12-17(18-11-5-2)20-13(3)19-16/h7-10,12H,4-6,11H2,1-3H3,(H,18,19,20). The van der Waals surface area contributed by atoms with Crippen LogP contribution in [0, 0.1) is 6.92 Å². The Morgan fingerprint density at radius 2 is 1.75 bits per heavy atom. The quantitative estimate of drug-likeness (QED) is 0.853. The van der Waals surface area contributed by atoms with E-state index in [0.717, 1.165) is 42.3 Å². The smallest absolute Gasteiger partial charge is 0.130 e. The Kier molecular flexibility index (Phi) is 5.10. The van der Waals surface area contributed by atoms with Crippen molar-refractivity contribution in [2.75, 3.05) is 11.9 Å². The Balaban J connectivity index is 2.24. The molecule has 1 heterocycles. The predicted molar refractivity (Wildman–Crippen MR) is 85.0 cm³/mol. The molecule has 0 unspecified atom stereocenters. The topological polar surface area (TPSA) is 37.8 Å². The second kappa shape index (κ2) is 7.04. The molecule has 0 spiro atoms. The third-order valence-electron chi connectivity index (χ3n) is 3.18. The fraction of sp³-hybridized carbons (Fsp3) is 0.412. The predicted octanol–water partition coefficient (Wildman–Crippen LogP) is 4.23. The highest BCUT2D eigenvalue weighted by molar-refractivity contribution is 5.62. The number of hydrogen-bond donors (Lipinski definition) is 1. The van der Waals surface area contributed by atoms with Gasteiger partial charge in [-0.3, -0.25) is 0 Å². The lowest BCUT2D eigenvalue weighted by Crippen LogP contribution is -2.04. The van der Waals surface area contributed by atoms with E-state index in [-0.39, 0.29) is 0 Å². The lowest BCUT2D eigenvalue weighted by molar-refractivity contribution is 0.922. The summed E-state index contributed by atoms with van der Waals surface area (Å²) in [7, 11) is 0. The van der Waals surface area contributed by atoms with Crippen molar-refractivity contribution in [3.63, 3.8) is 0 Å². The third kappa shape index (κ3) is 3.80. The molecule has 0 aliphatic rings. The molecule has 20 heavy (non-hydrogen) atoms. The zero-order valence-electron chi connectivity index (χ0n) is 12.6. The van der Waals surface area contributed by atoms with Crippen molar-refractivity contribution in [3.8, 4) is 11.3 Å². The van der Waals surface area contributed by atoms with Crippen LogP contribution in [0.1, 0.15) is 38.1 Å². The van der Waals surface area contributed by atoms with Gasteiger partial charge in [-0.25, -0.2) is 9.97 Å². The first kappa shape index (κ1) is 14.5. The third-order valence-corrected chi connectivity index (χ3v) is 3.18. The van der Waals surface area contributed by atoms with Crippen LogP contribution in [0.15, 0.2) is 30.3 Å². The van der Waals surface area contributed by atoms with Crippen molar-refractivity contribution in [2.24, 2.45) is 0 Å². The first-order valence-electron chi connectivity index (χ1n) is 7.41. The largest absolute Gasteiger partial charge is 0.370 e. The zero-order valence-corrected chi connectivity index (χ0v) is 12.6. The number of rotatable bonds is 6. The number of aromatic nitrogens is 2. The molecule has 1 N–H and O–H groups in total. The molecule has 2 rings (SSSR count). The average Bonchev–Trinajstić information content (AvgIpc) is 2.46. The summed E-state index contributed by atoms with van der Waals surface area (Å²) in [5.41, 5.74) is 3.51. The van der Waals surface area contributed by atoms with Crippen LogP contribution in [0.5, 0.6) is 0 Å². The van der Waals surface area contributed by atoms with Gasteiger partial charge in [-0.15, -0.1) is 0 Å². The molecule has 1 aromatic heterocycles. The summed E-state index contributed by atoms with van der Waals surface area (Å²) in [6, 6.07) is 10.7. The second-order valence-electron chi connectivity index (χ2n) is 5.06. The summed E-state index contributed by atoms with van der Waals surface area (Å²) in [6.45, 7) is 7.22. The van der Waals surface area contributed by atoms with Gasteiger partial charge >= 0.3 is 0 Å². The molecule has 0 radical (unpaired) electrons. The number of anilines is 1. The van der Waals surface area contributed by atoms with Gasteiger partial charge in [0.05, 0.1) is 5.69 Å². The molecular weight excluding hydrogens is 246 g/mol. The van der Waals surface area contributed by atoms with Crippen LogP contribution >= 0.6 is 0 Å². The van der Waals surface area contributed by atoms with Crippen LogP contribution in [0.2, 0.25) is 0 Å². The maximum absolute atomic E-state index is 4.54.